The molecule has 1 saturated heterocycles. The van der Waals surface area contributed by atoms with Crippen LogP contribution in [0.4, 0.5) is 5.69 Å². The van der Waals surface area contributed by atoms with E-state index < -0.39 is 0 Å². The Morgan fingerprint density at radius 2 is 1.82 bits per heavy atom. The number of aliphatic imine (C=N–C) groups is 1. The molecule has 22 heavy (non-hydrogen) atoms. The van der Waals surface area contributed by atoms with Crippen LogP contribution in [0.15, 0.2) is 35.3 Å². The zero-order chi connectivity index (χ0) is 15.1. The number of anilines is 1. The molecule has 0 radical (unpaired) electrons. The molecule has 0 bridgehead atoms. The number of halogens is 1. The first kappa shape index (κ1) is 18.7. The van der Waals surface area contributed by atoms with E-state index in [-0.39, 0.29) is 36.4 Å². The van der Waals surface area contributed by atoms with Gasteiger partial charge >= 0.3 is 0 Å². The fourth-order valence-corrected chi connectivity index (χ4v) is 2.26. The Morgan fingerprint density at radius 3 is 2.41 bits per heavy atom. The molecule has 1 aliphatic rings. The number of nitrogens with zero attached hydrogens (tertiary/aromatic N) is 3. The lowest BCUT2D eigenvalue weighted by Gasteiger charge is -2.30. The fraction of sp³-hybridized carbons (Fsp3) is 0.500. The highest BCUT2D eigenvalue weighted by Crippen LogP contribution is 2.12. The average Bonchev–Trinajstić information content (AvgIpc) is 2.52. The van der Waals surface area contributed by atoms with E-state index in [1.165, 1.54) is 19.3 Å². The maximum absolute atomic E-state index is 11.8. The number of hydrogen-bond acceptors (Lipinski definition) is 2. The molecule has 0 unspecified atom stereocenters. The largest absolute Gasteiger partial charge is 0.347 e. The Labute approximate surface area is 149 Å². The molecule has 5 nitrogen and oxygen atoms in total. The van der Waals surface area contributed by atoms with E-state index in [9.17, 15) is 4.79 Å². The van der Waals surface area contributed by atoms with Crippen LogP contribution in [0, 0.1) is 0 Å². The van der Waals surface area contributed by atoms with E-state index in [1.807, 2.05) is 30.3 Å². The van der Waals surface area contributed by atoms with E-state index in [4.69, 9.17) is 0 Å². The highest BCUT2D eigenvalue weighted by Gasteiger charge is 2.15. The summed E-state index contributed by atoms with van der Waals surface area (Å²) in [6, 6.07) is 9.97. The van der Waals surface area contributed by atoms with Crippen molar-refractivity contribution in [3.8, 4) is 0 Å². The van der Waals surface area contributed by atoms with E-state index in [2.05, 4.69) is 15.2 Å². The van der Waals surface area contributed by atoms with Gasteiger partial charge in [0.1, 0.15) is 6.54 Å². The van der Waals surface area contributed by atoms with Crippen molar-refractivity contribution in [2.45, 2.75) is 19.3 Å². The van der Waals surface area contributed by atoms with Gasteiger partial charge in [-0.05, 0) is 31.4 Å². The second-order valence-corrected chi connectivity index (χ2v) is 5.47. The summed E-state index contributed by atoms with van der Waals surface area (Å²) in [6.07, 6.45) is 3.62. The minimum absolute atomic E-state index is 0. The summed E-state index contributed by atoms with van der Waals surface area (Å²) in [5, 5.41) is 3.35. The fourth-order valence-electron chi connectivity index (χ4n) is 2.26. The molecule has 1 aromatic rings. The molecule has 1 N–H and O–H groups in total. The maximum atomic E-state index is 11.8. The number of piperidine rings is 1. The lowest BCUT2D eigenvalue weighted by Crippen LogP contribution is -2.40. The number of carbonyl (C=O) groups excluding carboxylic acids is 1. The number of benzene rings is 1. The van der Waals surface area contributed by atoms with Gasteiger partial charge in [-0.15, -0.1) is 24.0 Å². The summed E-state index contributed by atoms with van der Waals surface area (Å²) < 4.78 is 0. The van der Waals surface area contributed by atoms with Crippen LogP contribution in [-0.4, -0.2) is 55.4 Å². The summed E-state index contributed by atoms with van der Waals surface area (Å²) in [7, 11) is 3.51. The molecular formula is C16H25IN4O. The molecule has 1 fully saturated rings. The van der Waals surface area contributed by atoms with Crippen LogP contribution in [0.25, 0.3) is 0 Å². The Hall–Kier alpha value is -1.31. The zero-order valence-electron chi connectivity index (χ0n) is 13.3. The number of para-hydroxylation sites is 1. The van der Waals surface area contributed by atoms with Crippen LogP contribution >= 0.6 is 24.0 Å². The minimum Gasteiger partial charge on any atom is -0.347 e. The van der Waals surface area contributed by atoms with Crippen molar-refractivity contribution in [2.75, 3.05) is 39.0 Å². The third-order valence-electron chi connectivity index (χ3n) is 3.55. The number of likely N-dealkylation sites (tertiary alicyclic amines) is 1. The maximum Gasteiger partial charge on any atom is 0.243 e. The molecule has 2 rings (SSSR count). The Bertz CT molecular complexity index is 484. The molecule has 1 amide bonds. The van der Waals surface area contributed by atoms with Crippen LogP contribution in [0.3, 0.4) is 0 Å². The lowest BCUT2D eigenvalue weighted by atomic mass is 10.1. The quantitative estimate of drug-likeness (QED) is 0.468. The normalized spacial score (nSPS) is 15.0. The zero-order valence-corrected chi connectivity index (χ0v) is 15.6. The van der Waals surface area contributed by atoms with E-state index in [0.717, 1.165) is 24.7 Å². The number of guanidine groups is 1. The summed E-state index contributed by atoms with van der Waals surface area (Å²) >= 11 is 0. The predicted octanol–water partition coefficient (Wildman–Crippen LogP) is 2.65. The number of rotatable bonds is 3. The first-order chi connectivity index (χ1) is 10.2. The van der Waals surface area contributed by atoms with Gasteiger partial charge in [-0.2, -0.15) is 0 Å². The number of likely N-dealkylation sites (N-methyl/N-ethyl adjacent to an activating group) is 1. The van der Waals surface area contributed by atoms with Crippen LogP contribution < -0.4 is 5.32 Å². The Kier molecular flexibility index (Phi) is 8.22. The lowest BCUT2D eigenvalue weighted by molar-refractivity contribution is -0.127. The van der Waals surface area contributed by atoms with Crippen molar-refractivity contribution in [2.24, 2.45) is 4.99 Å². The average molecular weight is 416 g/mol. The summed E-state index contributed by atoms with van der Waals surface area (Å²) in [5.41, 5.74) is 0.999. The predicted molar refractivity (Wildman–Crippen MR) is 102 cm³/mol. The van der Waals surface area contributed by atoms with Gasteiger partial charge in [0.15, 0.2) is 5.96 Å². The molecule has 1 aromatic carbocycles. The highest BCUT2D eigenvalue weighted by molar-refractivity contribution is 14.0. The second-order valence-electron chi connectivity index (χ2n) is 5.47. The first-order valence-electron chi connectivity index (χ1n) is 7.48. The van der Waals surface area contributed by atoms with E-state index >= 15 is 0 Å². The molecule has 0 aromatic heterocycles. The molecule has 0 aliphatic carbocycles. The number of amides is 1. The standard InChI is InChI=1S/C16H24N4O.HI/c1-19(2)15(21)13-17-16(20-11-7-4-8-12-20)18-14-9-5-3-6-10-14;/h3,5-6,9-10H,4,7-8,11-13H2,1-2H3,(H,17,18);1H. The monoisotopic (exact) mass is 416 g/mol. The molecule has 6 heteroatoms. The van der Waals surface area contributed by atoms with Crippen molar-refractivity contribution < 1.29 is 4.79 Å². The van der Waals surface area contributed by atoms with E-state index in [1.54, 1.807) is 19.0 Å². The van der Waals surface area contributed by atoms with Crippen molar-refractivity contribution in [1.82, 2.24) is 9.80 Å². The van der Waals surface area contributed by atoms with Gasteiger partial charge in [-0.3, -0.25) is 4.79 Å². The van der Waals surface area contributed by atoms with Gasteiger partial charge in [-0.25, -0.2) is 4.99 Å². The van der Waals surface area contributed by atoms with Crippen LogP contribution in [0.2, 0.25) is 0 Å². The molecule has 0 saturated carbocycles. The molecule has 0 atom stereocenters. The van der Waals surface area contributed by atoms with Gasteiger partial charge < -0.3 is 15.1 Å². The van der Waals surface area contributed by atoms with E-state index in [0.29, 0.717) is 0 Å². The summed E-state index contributed by atoms with van der Waals surface area (Å²) in [4.78, 5) is 20.1. The van der Waals surface area contributed by atoms with Gasteiger partial charge in [0.05, 0.1) is 0 Å². The van der Waals surface area contributed by atoms with Crippen molar-refractivity contribution in [3.05, 3.63) is 30.3 Å². The number of hydrogen-bond donors (Lipinski definition) is 1. The SMILES string of the molecule is CN(C)C(=O)CN=C(Nc1ccccc1)N1CCCCC1.I. The van der Waals surface area contributed by atoms with Crippen LogP contribution in [0.1, 0.15) is 19.3 Å². The molecular weight excluding hydrogens is 391 g/mol. The van der Waals surface area contributed by atoms with Crippen LogP contribution in [0.5, 0.6) is 0 Å². The third-order valence-corrected chi connectivity index (χ3v) is 3.55. The highest BCUT2D eigenvalue weighted by atomic mass is 127. The minimum atomic E-state index is 0. The topological polar surface area (TPSA) is 47.9 Å². The number of carbonyl (C=O) groups is 1. The summed E-state index contributed by atoms with van der Waals surface area (Å²) in [5.74, 6) is 0.815. The van der Waals surface area contributed by atoms with Gasteiger partial charge in [0.25, 0.3) is 0 Å². The third kappa shape index (κ3) is 5.82. The smallest absolute Gasteiger partial charge is 0.243 e. The van der Waals surface area contributed by atoms with Gasteiger partial charge in [-0.1, -0.05) is 18.2 Å². The number of nitrogens with one attached hydrogen (secondary N) is 1. The molecule has 1 heterocycles. The molecule has 122 valence electrons. The van der Waals surface area contributed by atoms with Crippen molar-refractivity contribution >= 4 is 41.5 Å². The first-order valence-corrected chi connectivity index (χ1v) is 7.48. The Balaban J connectivity index is 0.00000242. The molecule has 0 spiro atoms. The van der Waals surface area contributed by atoms with Crippen molar-refractivity contribution in [3.63, 3.8) is 0 Å². The van der Waals surface area contributed by atoms with Gasteiger partial charge in [0, 0.05) is 32.9 Å². The van der Waals surface area contributed by atoms with Gasteiger partial charge in [0.2, 0.25) is 5.91 Å². The molecule has 1 aliphatic heterocycles. The van der Waals surface area contributed by atoms with Crippen molar-refractivity contribution in [1.29, 1.82) is 0 Å². The Morgan fingerprint density at radius 1 is 1.18 bits per heavy atom. The summed E-state index contributed by atoms with van der Waals surface area (Å²) in [6.45, 7) is 2.17. The second kappa shape index (κ2) is 9.66. The van der Waals surface area contributed by atoms with Crippen LogP contribution in [-0.2, 0) is 4.79 Å².